The maximum Gasteiger partial charge on any atom is 0.160 e. The van der Waals surface area contributed by atoms with Crippen LogP contribution in [-0.4, -0.2) is 6.26 Å². The number of benzene rings is 1. The second-order valence-corrected chi connectivity index (χ2v) is 6.34. The Hall–Kier alpha value is -1.99. The zero-order valence-electron chi connectivity index (χ0n) is 13.9. The first-order chi connectivity index (χ1) is 10.7. The molecule has 0 nitrogen and oxygen atoms in total. The second-order valence-electron chi connectivity index (χ2n) is 4.32. The zero-order valence-corrected chi connectivity index (χ0v) is 14.7. The molecule has 1 heteroatoms. The lowest BCUT2D eigenvalue weighted by molar-refractivity contribution is 1.45. The monoisotopic (exact) mass is 311 g/mol. The summed E-state index contributed by atoms with van der Waals surface area (Å²) >= 11 is 0. The predicted molar refractivity (Wildman–Crippen MR) is 105 cm³/mol. The van der Waals surface area contributed by atoms with Gasteiger partial charge in [0.25, 0.3) is 0 Å². The largest absolute Gasteiger partial charge is 0.160 e. The van der Waals surface area contributed by atoms with Gasteiger partial charge in [-0.15, -0.1) is 0 Å². The van der Waals surface area contributed by atoms with Crippen LogP contribution in [0.1, 0.15) is 13.8 Å². The Kier molecular flexibility index (Phi) is 12.7. The van der Waals surface area contributed by atoms with E-state index in [2.05, 4.69) is 49.8 Å². The molecule has 0 radical (unpaired) electrons. The van der Waals surface area contributed by atoms with Crippen LogP contribution in [0.4, 0.5) is 0 Å². The van der Waals surface area contributed by atoms with Gasteiger partial charge in [-0.25, -0.2) is 0 Å². The van der Waals surface area contributed by atoms with E-state index in [9.17, 15) is 0 Å². The highest BCUT2D eigenvalue weighted by molar-refractivity contribution is 8.00. The smallest absolute Gasteiger partial charge is 0.0991 e. The molecule has 0 heterocycles. The molecular weight excluding hydrogens is 284 g/mol. The topological polar surface area (TPSA) is 0 Å². The summed E-state index contributed by atoms with van der Waals surface area (Å²) in [4.78, 5) is 2.51. The van der Waals surface area contributed by atoms with Gasteiger partial charge in [-0.3, -0.25) is 0 Å². The Morgan fingerprint density at radius 1 is 0.909 bits per heavy atom. The Morgan fingerprint density at radius 3 is 2.05 bits per heavy atom. The molecule has 1 unspecified atom stereocenters. The van der Waals surface area contributed by atoms with E-state index in [1.807, 2.05) is 62.4 Å². The van der Waals surface area contributed by atoms with Crippen molar-refractivity contribution in [2.45, 2.75) is 18.7 Å². The Morgan fingerprint density at radius 2 is 1.50 bits per heavy atom. The van der Waals surface area contributed by atoms with Crippen molar-refractivity contribution in [1.82, 2.24) is 0 Å². The van der Waals surface area contributed by atoms with Crippen LogP contribution in [0.15, 0.2) is 108 Å². The fraction of sp³-hybridized carbons (Fsp3) is 0.143. The van der Waals surface area contributed by atoms with E-state index in [4.69, 9.17) is 0 Å². The van der Waals surface area contributed by atoms with Crippen molar-refractivity contribution >= 4 is 10.9 Å². The Balaban J connectivity index is 0.000000534. The minimum atomic E-state index is 0.103. The molecule has 0 aliphatic carbocycles. The van der Waals surface area contributed by atoms with E-state index in [-0.39, 0.29) is 10.9 Å². The number of hydrogen-bond donors (Lipinski definition) is 0. The van der Waals surface area contributed by atoms with Gasteiger partial charge in [0.1, 0.15) is 6.26 Å². The number of hydrogen-bond acceptors (Lipinski definition) is 0. The van der Waals surface area contributed by atoms with Crippen LogP contribution in [0, 0.1) is 0 Å². The lowest BCUT2D eigenvalue weighted by Gasteiger charge is -2.00. The molecule has 1 aromatic rings. The number of allylic oxidation sites excluding steroid dienone is 9. The fourth-order valence-corrected chi connectivity index (χ4v) is 2.56. The summed E-state index contributed by atoms with van der Waals surface area (Å²) in [6, 6.07) is 10.5. The molecule has 1 rings (SSSR count). The first-order valence-electron chi connectivity index (χ1n) is 7.27. The summed E-state index contributed by atoms with van der Waals surface area (Å²) in [6.45, 7) is 11.6. The SMILES string of the molecule is C=C(/C=C\C=C/C)[S+](C)c1ccccc1.C=C/C=C\C=C/C. The molecule has 1 aromatic carbocycles. The first kappa shape index (κ1) is 20.0. The molecule has 0 N–H and O–H groups in total. The lowest BCUT2D eigenvalue weighted by Crippen LogP contribution is -1.99. The van der Waals surface area contributed by atoms with Gasteiger partial charge >= 0.3 is 0 Å². The molecule has 0 aliphatic rings. The highest BCUT2D eigenvalue weighted by Gasteiger charge is 2.16. The minimum absolute atomic E-state index is 0.103. The molecule has 0 saturated heterocycles. The van der Waals surface area contributed by atoms with Gasteiger partial charge in [0, 0.05) is 0 Å². The molecule has 0 spiro atoms. The maximum atomic E-state index is 4.09. The van der Waals surface area contributed by atoms with Crippen molar-refractivity contribution < 1.29 is 0 Å². The van der Waals surface area contributed by atoms with Crippen molar-refractivity contribution in [2.75, 3.05) is 6.26 Å². The molecule has 0 aromatic heterocycles. The summed E-state index contributed by atoms with van der Waals surface area (Å²) in [7, 11) is 0.103. The molecule has 1 atom stereocenters. The van der Waals surface area contributed by atoms with Crippen LogP contribution < -0.4 is 0 Å². The third kappa shape index (κ3) is 9.84. The van der Waals surface area contributed by atoms with Crippen LogP contribution in [0.25, 0.3) is 0 Å². The third-order valence-electron chi connectivity index (χ3n) is 2.63. The van der Waals surface area contributed by atoms with Crippen molar-refractivity contribution in [3.63, 3.8) is 0 Å². The van der Waals surface area contributed by atoms with Gasteiger partial charge < -0.3 is 0 Å². The molecule has 22 heavy (non-hydrogen) atoms. The summed E-state index contributed by atoms with van der Waals surface area (Å²) in [5, 5.41) is 0. The molecule has 0 amide bonds. The van der Waals surface area contributed by atoms with Crippen molar-refractivity contribution in [2.24, 2.45) is 0 Å². The van der Waals surface area contributed by atoms with Crippen LogP contribution >= 0.6 is 0 Å². The van der Waals surface area contributed by atoms with Gasteiger partial charge in [-0.2, -0.15) is 0 Å². The lowest BCUT2D eigenvalue weighted by atomic mass is 10.4. The van der Waals surface area contributed by atoms with E-state index >= 15 is 0 Å². The molecular formula is C21H27S+. The number of rotatable bonds is 6. The van der Waals surface area contributed by atoms with Crippen molar-refractivity contribution in [3.8, 4) is 0 Å². The van der Waals surface area contributed by atoms with Crippen LogP contribution in [0.5, 0.6) is 0 Å². The van der Waals surface area contributed by atoms with Gasteiger partial charge in [-0.1, -0.05) is 73.4 Å². The maximum absolute atomic E-state index is 4.09. The van der Waals surface area contributed by atoms with Gasteiger partial charge in [0.05, 0.1) is 10.9 Å². The second kappa shape index (κ2) is 14.0. The minimum Gasteiger partial charge on any atom is -0.0991 e. The van der Waals surface area contributed by atoms with E-state index in [0.717, 1.165) is 0 Å². The quantitative estimate of drug-likeness (QED) is 0.430. The summed E-state index contributed by atoms with van der Waals surface area (Å²) < 4.78 is 0. The molecule has 0 fully saturated rings. The third-order valence-corrected chi connectivity index (χ3v) is 4.53. The highest BCUT2D eigenvalue weighted by Crippen LogP contribution is 2.18. The van der Waals surface area contributed by atoms with E-state index < -0.39 is 0 Å². The average molecular weight is 312 g/mol. The normalized spacial score (nSPS) is 12.7. The standard InChI is InChI=1S/C14H17S.C7H10/c1-4-5-7-10-13(2)15(3)14-11-8-6-9-12-14;1-3-5-7-6-4-2/h4-12H,2H2,1,3H3;3-7H,1H2,2H3/q+1;/b5-4-,10-7-;6-4-,7-5-. The van der Waals surface area contributed by atoms with Crippen LogP contribution in [0.2, 0.25) is 0 Å². The summed E-state index contributed by atoms with van der Waals surface area (Å²) in [6.07, 6.45) is 19.9. The summed E-state index contributed by atoms with van der Waals surface area (Å²) in [5.74, 6) is 0. The molecule has 0 bridgehead atoms. The first-order valence-corrected chi connectivity index (χ1v) is 8.90. The highest BCUT2D eigenvalue weighted by atomic mass is 32.2. The van der Waals surface area contributed by atoms with Crippen molar-refractivity contribution in [1.29, 1.82) is 0 Å². The average Bonchev–Trinajstić information content (AvgIpc) is 2.56. The summed E-state index contributed by atoms with van der Waals surface area (Å²) in [5.41, 5.74) is 0. The van der Waals surface area contributed by atoms with E-state index in [1.54, 1.807) is 6.08 Å². The Labute approximate surface area is 139 Å². The van der Waals surface area contributed by atoms with Crippen molar-refractivity contribution in [3.05, 3.63) is 103 Å². The predicted octanol–water partition coefficient (Wildman–Crippen LogP) is 6.24. The van der Waals surface area contributed by atoms with Gasteiger partial charge in [-0.05, 0) is 38.6 Å². The Bertz CT molecular complexity index is 530. The van der Waals surface area contributed by atoms with E-state index in [0.29, 0.717) is 0 Å². The van der Waals surface area contributed by atoms with E-state index in [1.165, 1.54) is 9.80 Å². The zero-order chi connectivity index (χ0) is 16.6. The molecule has 0 aliphatic heterocycles. The van der Waals surface area contributed by atoms with Crippen LogP contribution in [-0.2, 0) is 10.9 Å². The van der Waals surface area contributed by atoms with Crippen LogP contribution in [0.3, 0.4) is 0 Å². The van der Waals surface area contributed by atoms with Gasteiger partial charge in [0.15, 0.2) is 9.80 Å². The fourth-order valence-electron chi connectivity index (χ4n) is 1.41. The molecule has 0 saturated carbocycles. The van der Waals surface area contributed by atoms with Gasteiger partial charge in [0.2, 0.25) is 0 Å². The molecule has 116 valence electrons.